The van der Waals surface area contributed by atoms with Crippen LogP contribution in [0, 0.1) is 11.6 Å². The molecule has 1 aromatic carbocycles. The summed E-state index contributed by atoms with van der Waals surface area (Å²) in [7, 11) is 0. The van der Waals surface area contributed by atoms with Crippen molar-refractivity contribution in [2.45, 2.75) is 45.2 Å². The van der Waals surface area contributed by atoms with Crippen molar-refractivity contribution in [2.75, 3.05) is 6.54 Å². The highest BCUT2D eigenvalue weighted by atomic mass is 19.1. The van der Waals surface area contributed by atoms with Crippen LogP contribution in [-0.2, 0) is 15.1 Å². The van der Waals surface area contributed by atoms with Crippen molar-refractivity contribution >= 4 is 17.8 Å². The summed E-state index contributed by atoms with van der Waals surface area (Å²) in [6.07, 6.45) is 1.43. The van der Waals surface area contributed by atoms with E-state index >= 15 is 0 Å². The maximum absolute atomic E-state index is 14.1. The average Bonchev–Trinajstić information content (AvgIpc) is 2.79. The van der Waals surface area contributed by atoms with Crippen molar-refractivity contribution in [1.29, 1.82) is 0 Å². The fourth-order valence-electron chi connectivity index (χ4n) is 2.81. The molecular formula is C17H21F2N3O3. The maximum atomic E-state index is 14.1. The molecule has 2 N–H and O–H groups in total. The van der Waals surface area contributed by atoms with Gasteiger partial charge in [-0.1, -0.05) is 13.8 Å². The molecule has 1 aliphatic rings. The van der Waals surface area contributed by atoms with Crippen LogP contribution in [0.3, 0.4) is 0 Å². The summed E-state index contributed by atoms with van der Waals surface area (Å²) in [4.78, 5) is 37.5. The van der Waals surface area contributed by atoms with Crippen molar-refractivity contribution in [2.24, 2.45) is 0 Å². The Balaban J connectivity index is 2.22. The Labute approximate surface area is 144 Å². The van der Waals surface area contributed by atoms with E-state index in [1.165, 1.54) is 6.92 Å². The molecule has 0 aromatic heterocycles. The lowest BCUT2D eigenvalue weighted by Gasteiger charge is -2.23. The summed E-state index contributed by atoms with van der Waals surface area (Å²) < 4.78 is 27.5. The van der Waals surface area contributed by atoms with Crippen LogP contribution < -0.4 is 10.6 Å². The second-order valence-electron chi connectivity index (χ2n) is 6.15. The number of benzene rings is 1. The molecule has 0 aliphatic carbocycles. The normalized spacial score (nSPS) is 20.2. The summed E-state index contributed by atoms with van der Waals surface area (Å²) >= 11 is 0. The third kappa shape index (κ3) is 3.62. The lowest BCUT2D eigenvalue weighted by molar-refractivity contribution is -0.135. The average molecular weight is 353 g/mol. The van der Waals surface area contributed by atoms with Crippen LogP contribution in [0.4, 0.5) is 13.6 Å². The summed E-state index contributed by atoms with van der Waals surface area (Å²) in [6, 6.07) is 1.79. The van der Waals surface area contributed by atoms with E-state index in [9.17, 15) is 23.2 Å². The molecule has 8 heteroatoms. The van der Waals surface area contributed by atoms with Crippen LogP contribution in [-0.4, -0.2) is 35.3 Å². The van der Waals surface area contributed by atoms with E-state index in [-0.39, 0.29) is 11.6 Å². The minimum absolute atomic E-state index is 0.0553. The molecule has 0 saturated carbocycles. The van der Waals surface area contributed by atoms with Gasteiger partial charge in [-0.3, -0.25) is 14.5 Å². The number of carbonyl (C=O) groups is 3. The molecule has 6 nitrogen and oxygen atoms in total. The van der Waals surface area contributed by atoms with Gasteiger partial charge in [0.15, 0.2) is 0 Å². The second-order valence-corrected chi connectivity index (χ2v) is 6.15. The van der Waals surface area contributed by atoms with Gasteiger partial charge in [-0.2, -0.15) is 0 Å². The number of rotatable bonds is 6. The zero-order valence-corrected chi connectivity index (χ0v) is 14.4. The van der Waals surface area contributed by atoms with Crippen molar-refractivity contribution in [3.63, 3.8) is 0 Å². The van der Waals surface area contributed by atoms with Gasteiger partial charge in [0.05, 0.1) is 0 Å². The van der Waals surface area contributed by atoms with Crippen LogP contribution in [0.2, 0.25) is 0 Å². The predicted molar refractivity (Wildman–Crippen MR) is 86.5 cm³/mol. The smallest absolute Gasteiger partial charge is 0.325 e. The van der Waals surface area contributed by atoms with E-state index in [1.54, 1.807) is 0 Å². The zero-order chi connectivity index (χ0) is 18.8. The molecule has 1 aromatic rings. The molecule has 1 aliphatic heterocycles. The van der Waals surface area contributed by atoms with Gasteiger partial charge in [0.1, 0.15) is 23.7 Å². The first kappa shape index (κ1) is 18.8. The molecule has 0 bridgehead atoms. The van der Waals surface area contributed by atoms with E-state index in [0.29, 0.717) is 17.7 Å². The molecule has 0 unspecified atom stereocenters. The van der Waals surface area contributed by atoms with Gasteiger partial charge in [-0.05, 0) is 38.0 Å². The largest absolute Gasteiger partial charge is 0.352 e. The molecule has 2 rings (SSSR count). The van der Waals surface area contributed by atoms with Crippen LogP contribution in [0.25, 0.3) is 0 Å². The number of urea groups is 1. The first-order valence-corrected chi connectivity index (χ1v) is 8.11. The topological polar surface area (TPSA) is 78.5 Å². The molecule has 1 saturated heterocycles. The van der Waals surface area contributed by atoms with Crippen LogP contribution in [0.15, 0.2) is 18.2 Å². The lowest BCUT2D eigenvalue weighted by Crippen LogP contribution is -2.45. The van der Waals surface area contributed by atoms with Gasteiger partial charge in [0.2, 0.25) is 5.91 Å². The number of nitrogens with one attached hydrogen (secondary N) is 2. The number of halogens is 2. The monoisotopic (exact) mass is 353 g/mol. The molecule has 136 valence electrons. The molecule has 25 heavy (non-hydrogen) atoms. The molecular weight excluding hydrogens is 332 g/mol. The van der Waals surface area contributed by atoms with E-state index in [4.69, 9.17) is 0 Å². The number of amides is 4. The fourth-order valence-corrected chi connectivity index (χ4v) is 2.81. The Hall–Kier alpha value is -2.51. The summed E-state index contributed by atoms with van der Waals surface area (Å²) in [5, 5.41) is 5.08. The summed E-state index contributed by atoms with van der Waals surface area (Å²) in [6.45, 7) is 4.62. The Morgan fingerprint density at radius 3 is 2.52 bits per heavy atom. The first-order valence-electron chi connectivity index (χ1n) is 8.11. The molecule has 4 amide bonds. The van der Waals surface area contributed by atoms with Gasteiger partial charge < -0.3 is 10.6 Å². The second kappa shape index (κ2) is 7.16. The highest BCUT2D eigenvalue weighted by Gasteiger charge is 2.50. The Kier molecular flexibility index (Phi) is 5.39. The molecule has 0 radical (unpaired) electrons. The van der Waals surface area contributed by atoms with Crippen LogP contribution >= 0.6 is 0 Å². The minimum atomic E-state index is -1.77. The number of imide groups is 1. The van der Waals surface area contributed by atoms with Crippen molar-refractivity contribution in [3.8, 4) is 0 Å². The predicted octanol–water partition coefficient (Wildman–Crippen LogP) is 2.04. The summed E-state index contributed by atoms with van der Waals surface area (Å²) in [5.74, 6) is -2.84. The van der Waals surface area contributed by atoms with Crippen molar-refractivity contribution in [1.82, 2.24) is 15.5 Å². The van der Waals surface area contributed by atoms with E-state index in [1.807, 2.05) is 13.8 Å². The van der Waals surface area contributed by atoms with Crippen molar-refractivity contribution < 1.29 is 23.2 Å². The van der Waals surface area contributed by atoms with Gasteiger partial charge in [0.25, 0.3) is 5.91 Å². The quantitative estimate of drug-likeness (QED) is 0.768. The van der Waals surface area contributed by atoms with Crippen LogP contribution in [0.1, 0.15) is 39.2 Å². The van der Waals surface area contributed by atoms with E-state index in [0.717, 1.165) is 18.2 Å². The third-order valence-corrected chi connectivity index (χ3v) is 4.39. The maximum Gasteiger partial charge on any atom is 0.325 e. The van der Waals surface area contributed by atoms with Gasteiger partial charge >= 0.3 is 6.03 Å². The Morgan fingerprint density at radius 2 is 1.92 bits per heavy atom. The number of hydrogen-bond donors (Lipinski definition) is 2. The van der Waals surface area contributed by atoms with Crippen LogP contribution in [0.5, 0.6) is 0 Å². The van der Waals surface area contributed by atoms with E-state index in [2.05, 4.69) is 10.6 Å². The number of nitrogens with zero attached hydrogens (tertiary/aromatic N) is 1. The number of carbonyl (C=O) groups excluding carboxylic acids is 3. The van der Waals surface area contributed by atoms with Crippen molar-refractivity contribution in [3.05, 3.63) is 35.4 Å². The molecule has 1 atom stereocenters. The third-order valence-electron chi connectivity index (χ3n) is 4.39. The molecule has 0 spiro atoms. The summed E-state index contributed by atoms with van der Waals surface area (Å²) in [5.41, 5.74) is -2.05. The highest BCUT2D eigenvalue weighted by Crippen LogP contribution is 2.31. The minimum Gasteiger partial charge on any atom is -0.352 e. The highest BCUT2D eigenvalue weighted by molar-refractivity contribution is 6.09. The van der Waals surface area contributed by atoms with Gasteiger partial charge in [-0.15, -0.1) is 0 Å². The van der Waals surface area contributed by atoms with Gasteiger partial charge in [-0.25, -0.2) is 13.6 Å². The SMILES string of the molecule is CCC(CC)NC(=O)CN1C(=O)N[C@@](C)(c2cc(F)ccc2F)C1=O. The standard InChI is InChI=1S/C17H21F2N3O3/c1-4-11(5-2)20-14(23)9-22-15(24)17(3,21-16(22)25)12-8-10(18)6-7-13(12)19/h6-8,11H,4-5,9H2,1-3H3,(H,20,23)(H,21,25)/t17-/m0/s1. The number of hydrogen-bond acceptors (Lipinski definition) is 3. The van der Waals surface area contributed by atoms with E-state index < -0.39 is 41.6 Å². The fraction of sp³-hybridized carbons (Fsp3) is 0.471. The van der Waals surface area contributed by atoms with Gasteiger partial charge in [0, 0.05) is 11.6 Å². The molecule has 1 fully saturated rings. The zero-order valence-electron chi connectivity index (χ0n) is 14.4. The Morgan fingerprint density at radius 1 is 1.28 bits per heavy atom. The Bertz CT molecular complexity index is 706. The molecule has 1 heterocycles. The lowest BCUT2D eigenvalue weighted by atomic mass is 9.91. The first-order chi connectivity index (χ1) is 11.7.